The number of unbranched alkanes of at least 4 members (excludes halogenated alkanes) is 1. The third kappa shape index (κ3) is 9.96. The second-order valence-corrected chi connectivity index (χ2v) is 6.90. The van der Waals surface area contributed by atoms with Crippen LogP contribution >= 0.6 is 11.8 Å². The van der Waals surface area contributed by atoms with Gasteiger partial charge < -0.3 is 5.32 Å². The first-order valence-corrected chi connectivity index (χ1v) is 8.53. The van der Waals surface area contributed by atoms with E-state index in [1.54, 1.807) is 0 Å². The van der Waals surface area contributed by atoms with Crippen molar-refractivity contribution in [2.24, 2.45) is 5.92 Å². The molecular formula is C15H33NS. The minimum Gasteiger partial charge on any atom is -0.313 e. The van der Waals surface area contributed by atoms with Crippen molar-refractivity contribution >= 4 is 11.8 Å². The number of hydrogen-bond donors (Lipinski definition) is 1. The molecule has 0 aromatic carbocycles. The maximum Gasteiger partial charge on any atom is 0.0160 e. The SMILES string of the molecule is CCCCC(CC)CC(CSC(C)C)NCC. The molecule has 2 heteroatoms. The smallest absolute Gasteiger partial charge is 0.0160 e. The van der Waals surface area contributed by atoms with E-state index in [2.05, 4.69) is 51.7 Å². The lowest BCUT2D eigenvalue weighted by Crippen LogP contribution is -2.33. The molecule has 0 aliphatic rings. The fourth-order valence-corrected chi connectivity index (χ4v) is 3.06. The van der Waals surface area contributed by atoms with Gasteiger partial charge in [0.2, 0.25) is 0 Å². The van der Waals surface area contributed by atoms with Crippen LogP contribution in [0.3, 0.4) is 0 Å². The van der Waals surface area contributed by atoms with E-state index in [0.29, 0.717) is 6.04 Å². The molecule has 0 heterocycles. The van der Waals surface area contributed by atoms with Gasteiger partial charge in [0.25, 0.3) is 0 Å². The predicted octanol–water partition coefficient (Wildman–Crippen LogP) is 4.71. The van der Waals surface area contributed by atoms with Crippen LogP contribution in [0.1, 0.15) is 66.7 Å². The summed E-state index contributed by atoms with van der Waals surface area (Å²) in [7, 11) is 0. The Bertz CT molecular complexity index is 159. The molecular weight excluding hydrogens is 226 g/mol. The number of thioether (sulfide) groups is 1. The molecule has 0 amide bonds. The summed E-state index contributed by atoms with van der Waals surface area (Å²) in [6.07, 6.45) is 6.86. The Morgan fingerprint density at radius 3 is 2.29 bits per heavy atom. The van der Waals surface area contributed by atoms with Crippen molar-refractivity contribution in [2.75, 3.05) is 12.3 Å². The van der Waals surface area contributed by atoms with Gasteiger partial charge in [0.05, 0.1) is 0 Å². The number of rotatable bonds is 11. The summed E-state index contributed by atoms with van der Waals surface area (Å²) < 4.78 is 0. The Balaban J connectivity index is 4.00. The Kier molecular flexibility index (Phi) is 11.6. The van der Waals surface area contributed by atoms with Crippen LogP contribution < -0.4 is 5.32 Å². The molecule has 0 aliphatic carbocycles. The molecule has 17 heavy (non-hydrogen) atoms. The zero-order chi connectivity index (χ0) is 13.1. The van der Waals surface area contributed by atoms with Crippen LogP contribution in [0.4, 0.5) is 0 Å². The quantitative estimate of drug-likeness (QED) is 0.576. The highest BCUT2D eigenvalue weighted by Gasteiger charge is 2.14. The first-order valence-electron chi connectivity index (χ1n) is 7.48. The zero-order valence-corrected chi connectivity index (χ0v) is 13.4. The third-order valence-corrected chi connectivity index (χ3v) is 4.55. The van der Waals surface area contributed by atoms with Gasteiger partial charge in [-0.25, -0.2) is 0 Å². The normalized spacial score (nSPS) is 15.2. The van der Waals surface area contributed by atoms with Crippen molar-refractivity contribution in [3.8, 4) is 0 Å². The van der Waals surface area contributed by atoms with Crippen LogP contribution in [0, 0.1) is 5.92 Å². The topological polar surface area (TPSA) is 12.0 Å². The van der Waals surface area contributed by atoms with E-state index < -0.39 is 0 Å². The van der Waals surface area contributed by atoms with Crippen molar-refractivity contribution in [3.63, 3.8) is 0 Å². The third-order valence-electron chi connectivity index (χ3n) is 3.28. The van der Waals surface area contributed by atoms with Crippen molar-refractivity contribution < 1.29 is 0 Å². The molecule has 2 atom stereocenters. The van der Waals surface area contributed by atoms with Gasteiger partial charge in [0.15, 0.2) is 0 Å². The second kappa shape index (κ2) is 11.4. The van der Waals surface area contributed by atoms with E-state index >= 15 is 0 Å². The molecule has 104 valence electrons. The molecule has 2 unspecified atom stereocenters. The van der Waals surface area contributed by atoms with E-state index in [0.717, 1.165) is 17.7 Å². The molecule has 0 radical (unpaired) electrons. The maximum absolute atomic E-state index is 3.66. The van der Waals surface area contributed by atoms with Gasteiger partial charge in [-0.3, -0.25) is 0 Å². The molecule has 0 bridgehead atoms. The predicted molar refractivity (Wildman–Crippen MR) is 83.0 cm³/mol. The Hall–Kier alpha value is 0.310. The van der Waals surface area contributed by atoms with Gasteiger partial charge >= 0.3 is 0 Å². The lowest BCUT2D eigenvalue weighted by atomic mass is 9.92. The summed E-state index contributed by atoms with van der Waals surface area (Å²) in [6, 6.07) is 0.717. The maximum atomic E-state index is 3.66. The summed E-state index contributed by atoms with van der Waals surface area (Å²) in [5, 5.41) is 4.41. The molecule has 0 aromatic rings. The highest BCUT2D eigenvalue weighted by molar-refractivity contribution is 7.99. The summed E-state index contributed by atoms with van der Waals surface area (Å²) in [6.45, 7) is 12.6. The van der Waals surface area contributed by atoms with Crippen LogP contribution in [0.2, 0.25) is 0 Å². The average Bonchev–Trinajstić information content (AvgIpc) is 2.31. The monoisotopic (exact) mass is 259 g/mol. The van der Waals surface area contributed by atoms with Gasteiger partial charge in [0.1, 0.15) is 0 Å². The molecule has 0 saturated heterocycles. The van der Waals surface area contributed by atoms with Gasteiger partial charge in [-0.05, 0) is 24.1 Å². The molecule has 0 saturated carbocycles. The summed E-state index contributed by atoms with van der Waals surface area (Å²) in [5.41, 5.74) is 0. The first-order chi connectivity index (χ1) is 8.13. The van der Waals surface area contributed by atoms with E-state index in [9.17, 15) is 0 Å². The Morgan fingerprint density at radius 2 is 1.82 bits per heavy atom. The van der Waals surface area contributed by atoms with Crippen molar-refractivity contribution in [3.05, 3.63) is 0 Å². The van der Waals surface area contributed by atoms with Crippen molar-refractivity contribution in [1.82, 2.24) is 5.32 Å². The number of hydrogen-bond acceptors (Lipinski definition) is 2. The van der Waals surface area contributed by atoms with Crippen LogP contribution in [-0.4, -0.2) is 23.6 Å². The van der Waals surface area contributed by atoms with Crippen LogP contribution in [-0.2, 0) is 0 Å². The lowest BCUT2D eigenvalue weighted by Gasteiger charge is -2.24. The van der Waals surface area contributed by atoms with Crippen LogP contribution in [0.25, 0.3) is 0 Å². The molecule has 0 aromatic heterocycles. The minimum atomic E-state index is 0.717. The minimum absolute atomic E-state index is 0.717. The van der Waals surface area contributed by atoms with E-state index in [-0.39, 0.29) is 0 Å². The molecule has 1 nitrogen and oxygen atoms in total. The van der Waals surface area contributed by atoms with Crippen molar-refractivity contribution in [2.45, 2.75) is 78.0 Å². The summed E-state index contributed by atoms with van der Waals surface area (Å²) in [4.78, 5) is 0. The van der Waals surface area contributed by atoms with Crippen LogP contribution in [0.15, 0.2) is 0 Å². The van der Waals surface area contributed by atoms with Gasteiger partial charge in [0, 0.05) is 11.8 Å². The van der Waals surface area contributed by atoms with Gasteiger partial charge in [-0.2, -0.15) is 11.8 Å². The summed E-state index contributed by atoms with van der Waals surface area (Å²) >= 11 is 2.09. The van der Waals surface area contributed by atoms with E-state index in [4.69, 9.17) is 0 Å². The molecule has 0 fully saturated rings. The molecule has 0 rings (SSSR count). The molecule has 0 aliphatic heterocycles. The standard InChI is InChI=1S/C15H33NS/c1-6-9-10-14(7-2)11-15(16-8-3)12-17-13(4)5/h13-16H,6-12H2,1-5H3. The molecule has 0 spiro atoms. The van der Waals surface area contributed by atoms with Crippen LogP contribution in [0.5, 0.6) is 0 Å². The second-order valence-electron chi connectivity index (χ2n) is 5.29. The van der Waals surface area contributed by atoms with Crippen molar-refractivity contribution in [1.29, 1.82) is 0 Å². The highest BCUT2D eigenvalue weighted by Crippen LogP contribution is 2.21. The highest BCUT2D eigenvalue weighted by atomic mass is 32.2. The largest absolute Gasteiger partial charge is 0.313 e. The van der Waals surface area contributed by atoms with Gasteiger partial charge in [-0.15, -0.1) is 0 Å². The number of nitrogens with one attached hydrogen (secondary N) is 1. The summed E-state index contributed by atoms with van der Waals surface area (Å²) in [5.74, 6) is 2.19. The van der Waals surface area contributed by atoms with E-state index in [1.807, 2.05) is 0 Å². The Morgan fingerprint density at radius 1 is 1.12 bits per heavy atom. The fourth-order valence-electron chi connectivity index (χ4n) is 2.19. The fraction of sp³-hybridized carbons (Fsp3) is 1.00. The van der Waals surface area contributed by atoms with E-state index in [1.165, 1.54) is 37.9 Å². The first kappa shape index (κ1) is 17.3. The Labute approximate surface area is 114 Å². The van der Waals surface area contributed by atoms with Gasteiger partial charge in [-0.1, -0.05) is 60.3 Å². The zero-order valence-electron chi connectivity index (χ0n) is 12.6. The lowest BCUT2D eigenvalue weighted by molar-refractivity contribution is 0.368. The average molecular weight is 260 g/mol. The molecule has 1 N–H and O–H groups in total.